The molecule has 1 atom stereocenters. The molecule has 3 heteroatoms. The van der Waals surface area contributed by atoms with Gasteiger partial charge in [-0.2, -0.15) is 0 Å². The van der Waals surface area contributed by atoms with Gasteiger partial charge in [-0.25, -0.2) is 0 Å². The Labute approximate surface area is 159 Å². The molecule has 0 fully saturated rings. The van der Waals surface area contributed by atoms with Crippen LogP contribution in [-0.4, -0.2) is 40.2 Å². The SMILES string of the molecule is CCCN(CCC)C1CCC(C#C[Si](C)(C)C)=C(C#C[Si](C)(C)C)C1. The molecule has 0 saturated carbocycles. The minimum atomic E-state index is -1.36. The molecule has 0 heterocycles. The van der Waals surface area contributed by atoms with Crippen LogP contribution >= 0.6 is 0 Å². The quantitative estimate of drug-likeness (QED) is 0.440. The summed E-state index contributed by atoms with van der Waals surface area (Å²) in [7, 11) is -2.70. The molecule has 1 aliphatic rings. The van der Waals surface area contributed by atoms with E-state index in [4.69, 9.17) is 0 Å². The Morgan fingerprint density at radius 3 is 1.76 bits per heavy atom. The number of nitrogens with zero attached hydrogens (tertiary/aromatic N) is 1. The van der Waals surface area contributed by atoms with Gasteiger partial charge < -0.3 is 4.90 Å². The van der Waals surface area contributed by atoms with Crippen molar-refractivity contribution in [2.45, 2.75) is 91.3 Å². The van der Waals surface area contributed by atoms with Gasteiger partial charge in [-0.3, -0.25) is 0 Å². The van der Waals surface area contributed by atoms with Crippen molar-refractivity contribution >= 4 is 16.1 Å². The Morgan fingerprint density at radius 1 is 0.840 bits per heavy atom. The fourth-order valence-corrected chi connectivity index (χ4v) is 4.13. The monoisotopic (exact) mass is 373 g/mol. The zero-order chi connectivity index (χ0) is 19.1. The summed E-state index contributed by atoms with van der Waals surface area (Å²) >= 11 is 0. The van der Waals surface area contributed by atoms with Crippen molar-refractivity contribution in [1.82, 2.24) is 4.90 Å². The maximum atomic E-state index is 3.60. The van der Waals surface area contributed by atoms with Crippen LogP contribution < -0.4 is 0 Å². The van der Waals surface area contributed by atoms with E-state index in [1.807, 2.05) is 0 Å². The van der Waals surface area contributed by atoms with E-state index in [1.54, 1.807) is 0 Å². The maximum absolute atomic E-state index is 3.60. The van der Waals surface area contributed by atoms with Crippen LogP contribution in [0.2, 0.25) is 39.3 Å². The third-order valence-electron chi connectivity index (χ3n) is 4.25. The summed E-state index contributed by atoms with van der Waals surface area (Å²) in [6.45, 7) is 21.0. The second-order valence-corrected chi connectivity index (χ2v) is 18.9. The molecule has 0 radical (unpaired) electrons. The number of allylic oxidation sites excluding steroid dienone is 1. The Balaban J connectivity index is 3.14. The Hall–Kier alpha value is -0.746. The minimum Gasteiger partial charge on any atom is -0.300 e. The fourth-order valence-electron chi connectivity index (χ4n) is 3.08. The van der Waals surface area contributed by atoms with Crippen LogP contribution in [0.5, 0.6) is 0 Å². The third kappa shape index (κ3) is 8.95. The first kappa shape index (κ1) is 22.3. The summed E-state index contributed by atoms with van der Waals surface area (Å²) in [6.07, 6.45) is 5.93. The molecule has 0 amide bonds. The van der Waals surface area contributed by atoms with E-state index in [1.165, 1.54) is 43.5 Å². The zero-order valence-corrected chi connectivity index (χ0v) is 20.0. The van der Waals surface area contributed by atoms with Crippen LogP contribution in [-0.2, 0) is 0 Å². The predicted molar refractivity (Wildman–Crippen MR) is 119 cm³/mol. The Bertz CT molecular complexity index is 576. The van der Waals surface area contributed by atoms with Crippen LogP contribution in [0.25, 0.3) is 0 Å². The highest BCUT2D eigenvalue weighted by Gasteiger charge is 2.24. The van der Waals surface area contributed by atoms with E-state index < -0.39 is 16.1 Å². The molecule has 1 rings (SSSR count). The molecule has 0 bridgehead atoms. The van der Waals surface area contributed by atoms with Gasteiger partial charge in [0.05, 0.1) is 0 Å². The second-order valence-electron chi connectivity index (χ2n) is 9.39. The van der Waals surface area contributed by atoms with E-state index in [0.29, 0.717) is 6.04 Å². The maximum Gasteiger partial charge on any atom is 0.129 e. The molecule has 1 nitrogen and oxygen atoms in total. The van der Waals surface area contributed by atoms with Gasteiger partial charge in [-0.1, -0.05) is 65.0 Å². The topological polar surface area (TPSA) is 3.24 Å². The zero-order valence-electron chi connectivity index (χ0n) is 18.0. The molecule has 0 N–H and O–H groups in total. The average molecular weight is 374 g/mol. The van der Waals surface area contributed by atoms with Crippen LogP contribution in [0, 0.1) is 22.9 Å². The van der Waals surface area contributed by atoms with Gasteiger partial charge in [-0.15, -0.1) is 11.1 Å². The minimum absolute atomic E-state index is 0.656. The lowest BCUT2D eigenvalue weighted by Crippen LogP contribution is -2.38. The first-order valence-electron chi connectivity index (χ1n) is 10.1. The van der Waals surface area contributed by atoms with Crippen molar-refractivity contribution in [3.8, 4) is 22.9 Å². The summed E-state index contributed by atoms with van der Waals surface area (Å²) in [4.78, 5) is 2.69. The molecule has 1 unspecified atom stereocenters. The van der Waals surface area contributed by atoms with Crippen molar-refractivity contribution in [2.24, 2.45) is 0 Å². The summed E-state index contributed by atoms with van der Waals surface area (Å²) in [5.74, 6) is 7.15. The van der Waals surface area contributed by atoms with E-state index in [-0.39, 0.29) is 0 Å². The molecule has 140 valence electrons. The molecule has 0 aliphatic heterocycles. The summed E-state index contributed by atoms with van der Waals surface area (Å²) in [5.41, 5.74) is 9.87. The summed E-state index contributed by atoms with van der Waals surface area (Å²) in [6, 6.07) is 0.656. The largest absolute Gasteiger partial charge is 0.300 e. The van der Waals surface area contributed by atoms with E-state index in [2.05, 4.69) is 81.0 Å². The first-order valence-corrected chi connectivity index (χ1v) is 17.1. The predicted octanol–water partition coefficient (Wildman–Crippen LogP) is 5.72. The first-order chi connectivity index (χ1) is 11.6. The van der Waals surface area contributed by atoms with Crippen molar-refractivity contribution in [3.63, 3.8) is 0 Å². The summed E-state index contributed by atoms with van der Waals surface area (Å²) in [5, 5.41) is 0. The lowest BCUT2D eigenvalue weighted by atomic mass is 9.88. The molecule has 0 spiro atoms. The highest BCUT2D eigenvalue weighted by molar-refractivity contribution is 6.84. The molecule has 0 aromatic carbocycles. The van der Waals surface area contributed by atoms with Crippen LogP contribution in [0.1, 0.15) is 46.0 Å². The van der Waals surface area contributed by atoms with Gasteiger partial charge in [0.25, 0.3) is 0 Å². The highest BCUT2D eigenvalue weighted by Crippen LogP contribution is 2.28. The molecule has 0 saturated heterocycles. The summed E-state index contributed by atoms with van der Waals surface area (Å²) < 4.78 is 0. The van der Waals surface area contributed by atoms with Crippen molar-refractivity contribution in [2.75, 3.05) is 13.1 Å². The van der Waals surface area contributed by atoms with E-state index >= 15 is 0 Å². The van der Waals surface area contributed by atoms with Crippen LogP contribution in [0.3, 0.4) is 0 Å². The average Bonchev–Trinajstić information content (AvgIpc) is 2.49. The second kappa shape index (κ2) is 9.81. The van der Waals surface area contributed by atoms with Crippen molar-refractivity contribution in [3.05, 3.63) is 11.1 Å². The van der Waals surface area contributed by atoms with Crippen LogP contribution in [0.4, 0.5) is 0 Å². The normalized spacial score (nSPS) is 18.5. The molecule has 1 aliphatic carbocycles. The van der Waals surface area contributed by atoms with Gasteiger partial charge in [0.15, 0.2) is 0 Å². The van der Waals surface area contributed by atoms with Gasteiger partial charge >= 0.3 is 0 Å². The molecular weight excluding hydrogens is 334 g/mol. The lowest BCUT2D eigenvalue weighted by molar-refractivity contribution is 0.182. The number of hydrogen-bond donors (Lipinski definition) is 0. The van der Waals surface area contributed by atoms with Gasteiger partial charge in [0.2, 0.25) is 0 Å². The van der Waals surface area contributed by atoms with Gasteiger partial charge in [0, 0.05) is 17.2 Å². The number of rotatable bonds is 5. The van der Waals surface area contributed by atoms with Crippen molar-refractivity contribution < 1.29 is 0 Å². The molecule has 0 aromatic rings. The lowest BCUT2D eigenvalue weighted by Gasteiger charge is -2.34. The number of hydrogen-bond acceptors (Lipinski definition) is 1. The van der Waals surface area contributed by atoms with Gasteiger partial charge in [0.1, 0.15) is 16.1 Å². The smallest absolute Gasteiger partial charge is 0.129 e. The molecular formula is C22H39NSi2. The Morgan fingerprint density at radius 2 is 1.32 bits per heavy atom. The highest BCUT2D eigenvalue weighted by atomic mass is 28.3. The standard InChI is InChI=1S/C22H39NSi2/c1-9-15-23(16-10-2)22-12-11-20(13-17-24(3,4)5)21(19-22)14-18-25(6,7)8/h22H,9-12,15-16,19H2,1-8H3. The fraction of sp³-hybridized carbons (Fsp3) is 0.727. The van der Waals surface area contributed by atoms with Crippen molar-refractivity contribution in [1.29, 1.82) is 0 Å². The third-order valence-corrected chi connectivity index (χ3v) is 6.00. The van der Waals surface area contributed by atoms with E-state index in [0.717, 1.165) is 12.8 Å². The van der Waals surface area contributed by atoms with E-state index in [9.17, 15) is 0 Å². The Kier molecular flexibility index (Phi) is 8.75. The van der Waals surface area contributed by atoms with Crippen LogP contribution in [0.15, 0.2) is 11.1 Å². The molecule has 25 heavy (non-hydrogen) atoms. The van der Waals surface area contributed by atoms with Gasteiger partial charge in [-0.05, 0) is 45.2 Å². The molecule has 0 aromatic heterocycles.